The molecule has 0 saturated heterocycles. The first kappa shape index (κ1) is 18.3. The van der Waals surface area contributed by atoms with E-state index in [4.69, 9.17) is 9.47 Å². The van der Waals surface area contributed by atoms with Crippen molar-refractivity contribution in [3.05, 3.63) is 94.8 Å². The number of aryl methyl sites for hydroxylation is 2. The monoisotopic (exact) mass is 364 g/mol. The van der Waals surface area contributed by atoms with Gasteiger partial charge in [0.25, 0.3) is 0 Å². The minimum absolute atomic E-state index is 0.0215. The zero-order chi connectivity index (χ0) is 19.4. The van der Waals surface area contributed by atoms with E-state index >= 15 is 0 Å². The Balaban J connectivity index is 1.69. The van der Waals surface area contributed by atoms with Crippen LogP contribution in [0.3, 0.4) is 0 Å². The van der Waals surface area contributed by atoms with Crippen molar-refractivity contribution >= 4 is 11.9 Å². The molecule has 0 aromatic heterocycles. The lowest BCUT2D eigenvalue weighted by Crippen LogP contribution is -2.11. The first-order chi connectivity index (χ1) is 12.9. The highest BCUT2D eigenvalue weighted by molar-refractivity contribution is 5.92. The summed E-state index contributed by atoms with van der Waals surface area (Å²) in [6, 6.07) is 17.2. The van der Waals surface area contributed by atoms with Gasteiger partial charge in [-0.05, 0) is 50.2 Å². The van der Waals surface area contributed by atoms with Crippen LogP contribution in [-0.4, -0.2) is 11.9 Å². The second-order valence-electron chi connectivity index (χ2n) is 6.10. The maximum absolute atomic E-state index is 14.2. The number of ether oxygens (including phenoxy) is 2. The zero-order valence-corrected chi connectivity index (χ0v) is 14.9. The Kier molecular flexibility index (Phi) is 5.31. The second kappa shape index (κ2) is 7.83. The molecule has 5 heteroatoms. The van der Waals surface area contributed by atoms with Crippen LogP contribution in [0.4, 0.5) is 4.39 Å². The maximum Gasteiger partial charge on any atom is 0.343 e. The summed E-state index contributed by atoms with van der Waals surface area (Å²) in [7, 11) is 0. The Morgan fingerprint density at radius 3 is 1.67 bits per heavy atom. The highest BCUT2D eigenvalue weighted by Crippen LogP contribution is 2.24. The predicted octanol–water partition coefficient (Wildman–Crippen LogP) is 4.88. The number of carbonyl (C=O) groups is 2. The Morgan fingerprint density at radius 1 is 0.704 bits per heavy atom. The maximum atomic E-state index is 14.2. The van der Waals surface area contributed by atoms with E-state index in [0.717, 1.165) is 17.2 Å². The van der Waals surface area contributed by atoms with Crippen LogP contribution in [0.25, 0.3) is 0 Å². The molecule has 0 fully saturated rings. The summed E-state index contributed by atoms with van der Waals surface area (Å²) in [6.45, 7) is 3.80. The van der Waals surface area contributed by atoms with Gasteiger partial charge in [0.05, 0.1) is 11.1 Å². The van der Waals surface area contributed by atoms with Gasteiger partial charge in [-0.25, -0.2) is 14.0 Å². The zero-order valence-electron chi connectivity index (χ0n) is 14.9. The highest BCUT2D eigenvalue weighted by Gasteiger charge is 2.14. The fraction of sp³-hybridized carbons (Fsp3) is 0.0909. The molecule has 0 atom stereocenters. The highest BCUT2D eigenvalue weighted by atomic mass is 19.1. The molecule has 0 heterocycles. The van der Waals surface area contributed by atoms with Crippen molar-refractivity contribution in [2.24, 2.45) is 0 Å². The van der Waals surface area contributed by atoms with Crippen LogP contribution in [-0.2, 0) is 0 Å². The second-order valence-corrected chi connectivity index (χ2v) is 6.10. The summed E-state index contributed by atoms with van der Waals surface area (Å²) >= 11 is 0. The van der Waals surface area contributed by atoms with Crippen LogP contribution in [0.2, 0.25) is 0 Å². The third-order valence-corrected chi connectivity index (χ3v) is 3.89. The van der Waals surface area contributed by atoms with Crippen molar-refractivity contribution in [2.75, 3.05) is 0 Å². The number of rotatable bonds is 4. The SMILES string of the molecule is Cc1ccc(C(=O)Oc2ccc(OC(=O)c3ccc(C)cc3)c(F)c2)cc1. The molecule has 3 aromatic carbocycles. The minimum atomic E-state index is -0.801. The summed E-state index contributed by atoms with van der Waals surface area (Å²) in [5, 5.41) is 0. The van der Waals surface area contributed by atoms with Crippen LogP contribution in [0.1, 0.15) is 31.8 Å². The van der Waals surface area contributed by atoms with Gasteiger partial charge in [0.1, 0.15) is 5.75 Å². The Labute approximate surface area is 156 Å². The standard InChI is InChI=1S/C22H17FO4/c1-14-3-7-16(8-4-14)21(24)26-18-11-12-20(19(23)13-18)27-22(25)17-9-5-15(2)6-10-17/h3-13H,1-2H3. The van der Waals surface area contributed by atoms with Gasteiger partial charge in [-0.2, -0.15) is 0 Å². The van der Waals surface area contributed by atoms with Gasteiger partial charge in [-0.1, -0.05) is 35.4 Å². The number of hydrogen-bond donors (Lipinski definition) is 0. The lowest BCUT2D eigenvalue weighted by atomic mass is 10.1. The Morgan fingerprint density at radius 2 is 1.19 bits per heavy atom. The average Bonchev–Trinajstić information content (AvgIpc) is 2.65. The number of halogens is 1. The molecule has 0 bridgehead atoms. The van der Waals surface area contributed by atoms with Gasteiger partial charge in [0, 0.05) is 6.07 Å². The molecule has 3 aromatic rings. The van der Waals surface area contributed by atoms with E-state index < -0.39 is 17.8 Å². The molecule has 3 rings (SSSR count). The largest absolute Gasteiger partial charge is 0.423 e. The normalized spacial score (nSPS) is 10.3. The van der Waals surface area contributed by atoms with E-state index in [1.807, 2.05) is 13.8 Å². The molecule has 0 saturated carbocycles. The molecular weight excluding hydrogens is 347 g/mol. The first-order valence-electron chi connectivity index (χ1n) is 8.29. The van der Waals surface area contributed by atoms with Crippen molar-refractivity contribution in [2.45, 2.75) is 13.8 Å². The van der Waals surface area contributed by atoms with E-state index in [2.05, 4.69) is 0 Å². The van der Waals surface area contributed by atoms with Gasteiger partial charge in [-0.3, -0.25) is 0 Å². The number of hydrogen-bond acceptors (Lipinski definition) is 4. The van der Waals surface area contributed by atoms with Crippen LogP contribution in [0.5, 0.6) is 11.5 Å². The van der Waals surface area contributed by atoms with E-state index in [1.165, 1.54) is 12.1 Å². The van der Waals surface area contributed by atoms with Crippen LogP contribution in [0, 0.1) is 19.7 Å². The fourth-order valence-corrected chi connectivity index (χ4v) is 2.33. The summed E-state index contributed by atoms with van der Waals surface area (Å²) in [5.74, 6) is -2.29. The average molecular weight is 364 g/mol. The van der Waals surface area contributed by atoms with Gasteiger partial charge < -0.3 is 9.47 Å². The third-order valence-electron chi connectivity index (χ3n) is 3.89. The molecular formula is C22H17FO4. The Hall–Kier alpha value is -3.47. The smallest absolute Gasteiger partial charge is 0.343 e. The molecule has 0 spiro atoms. The number of benzene rings is 3. The van der Waals surface area contributed by atoms with Crippen LogP contribution >= 0.6 is 0 Å². The molecule has 27 heavy (non-hydrogen) atoms. The lowest BCUT2D eigenvalue weighted by molar-refractivity contribution is 0.0713. The van der Waals surface area contributed by atoms with E-state index in [9.17, 15) is 14.0 Å². The summed E-state index contributed by atoms with van der Waals surface area (Å²) in [6.07, 6.45) is 0. The molecule has 0 N–H and O–H groups in total. The molecule has 136 valence electrons. The van der Waals surface area contributed by atoms with Crippen molar-refractivity contribution in [1.29, 1.82) is 0 Å². The third kappa shape index (κ3) is 4.58. The molecule has 0 aliphatic heterocycles. The van der Waals surface area contributed by atoms with Gasteiger partial charge in [0.15, 0.2) is 11.6 Å². The minimum Gasteiger partial charge on any atom is -0.423 e. The van der Waals surface area contributed by atoms with Crippen LogP contribution < -0.4 is 9.47 Å². The lowest BCUT2D eigenvalue weighted by Gasteiger charge is -2.08. The predicted molar refractivity (Wildman–Crippen MR) is 98.7 cm³/mol. The van der Waals surface area contributed by atoms with Crippen molar-refractivity contribution in [3.63, 3.8) is 0 Å². The first-order valence-corrected chi connectivity index (χ1v) is 8.29. The Bertz CT molecular complexity index is 976. The van der Waals surface area contributed by atoms with Crippen LogP contribution in [0.15, 0.2) is 66.7 Å². The summed E-state index contributed by atoms with van der Waals surface area (Å²) in [4.78, 5) is 24.2. The molecule has 0 aliphatic carbocycles. The quantitative estimate of drug-likeness (QED) is 0.489. The summed E-state index contributed by atoms with van der Waals surface area (Å²) < 4.78 is 24.5. The molecule has 0 radical (unpaired) electrons. The molecule has 0 amide bonds. The fourth-order valence-electron chi connectivity index (χ4n) is 2.33. The van der Waals surface area contributed by atoms with E-state index in [1.54, 1.807) is 48.5 Å². The van der Waals surface area contributed by atoms with Gasteiger partial charge in [0.2, 0.25) is 0 Å². The summed E-state index contributed by atoms with van der Waals surface area (Å²) in [5.41, 5.74) is 2.68. The van der Waals surface area contributed by atoms with E-state index in [-0.39, 0.29) is 11.5 Å². The topological polar surface area (TPSA) is 52.6 Å². The van der Waals surface area contributed by atoms with Gasteiger partial charge >= 0.3 is 11.9 Å². The van der Waals surface area contributed by atoms with Crippen molar-refractivity contribution < 1.29 is 23.5 Å². The van der Waals surface area contributed by atoms with Gasteiger partial charge in [-0.15, -0.1) is 0 Å². The number of esters is 2. The van der Waals surface area contributed by atoms with Crippen molar-refractivity contribution in [1.82, 2.24) is 0 Å². The van der Waals surface area contributed by atoms with E-state index in [0.29, 0.717) is 11.1 Å². The molecule has 0 aliphatic rings. The molecule has 4 nitrogen and oxygen atoms in total. The molecule has 0 unspecified atom stereocenters. The van der Waals surface area contributed by atoms with Crippen molar-refractivity contribution in [3.8, 4) is 11.5 Å². The number of carbonyl (C=O) groups excluding carboxylic acids is 2.